The quantitative estimate of drug-likeness (QED) is 0.271. The summed E-state index contributed by atoms with van der Waals surface area (Å²) in [5, 5.41) is 10.8. The number of benzene rings is 3. The van der Waals surface area contributed by atoms with Crippen LogP contribution in [0.25, 0.3) is 33.4 Å². The van der Waals surface area contributed by atoms with E-state index < -0.39 is 0 Å². The molecule has 0 saturated heterocycles. The monoisotopic (exact) mass is 382 g/mol. The molecule has 0 aromatic heterocycles. The number of phenols is 1. The first-order valence-corrected chi connectivity index (χ1v) is 9.76. The molecule has 0 atom stereocenters. The van der Waals surface area contributed by atoms with E-state index in [2.05, 4.69) is 37.0 Å². The van der Waals surface area contributed by atoms with Crippen LogP contribution in [0.5, 0.6) is 5.75 Å². The van der Waals surface area contributed by atoms with Gasteiger partial charge in [0.25, 0.3) is 0 Å². The van der Waals surface area contributed by atoms with E-state index in [1.54, 1.807) is 18.2 Å². The number of rotatable bonds is 4. The average molecular weight is 382 g/mol. The van der Waals surface area contributed by atoms with E-state index in [0.29, 0.717) is 11.3 Å². The van der Waals surface area contributed by atoms with Gasteiger partial charge in [-0.25, -0.2) is 0 Å². The smallest absolute Gasteiger partial charge is 0.182 e. The van der Waals surface area contributed by atoms with Crippen LogP contribution in [0.15, 0.2) is 63.8 Å². The lowest BCUT2D eigenvalue weighted by Crippen LogP contribution is -2.00. The fraction of sp³-hybridized carbons (Fsp3) is 0.192. The topological polar surface area (TPSA) is 50.4 Å². The molecule has 0 spiro atoms. The number of unbranched alkanes of at least 4 members (excludes halogenated alkanes) is 1. The van der Waals surface area contributed by atoms with E-state index in [9.17, 15) is 9.90 Å². The molecule has 1 heterocycles. The van der Waals surface area contributed by atoms with Crippen molar-refractivity contribution < 1.29 is 9.52 Å². The van der Waals surface area contributed by atoms with E-state index in [-0.39, 0.29) is 11.2 Å². The summed E-state index contributed by atoms with van der Waals surface area (Å²) in [5.41, 5.74) is 5.90. The first-order valence-electron chi connectivity index (χ1n) is 9.76. The van der Waals surface area contributed by atoms with E-state index in [1.807, 2.05) is 19.1 Å². The number of hydrogen-bond acceptors (Lipinski definition) is 3. The fourth-order valence-corrected chi connectivity index (χ4v) is 3.82. The van der Waals surface area contributed by atoms with Crippen molar-refractivity contribution in [2.45, 2.75) is 33.1 Å². The zero-order valence-corrected chi connectivity index (χ0v) is 16.6. The number of aromatic hydroxyl groups is 1. The Morgan fingerprint density at radius 3 is 2.62 bits per heavy atom. The molecule has 0 bridgehead atoms. The third kappa shape index (κ3) is 3.75. The Bertz CT molecular complexity index is 1280. The van der Waals surface area contributed by atoms with Crippen molar-refractivity contribution in [2.75, 3.05) is 0 Å². The average Bonchev–Trinajstić information content (AvgIpc) is 2.70. The van der Waals surface area contributed by atoms with Gasteiger partial charge in [0, 0.05) is 35.1 Å². The number of hydrogen-bond donors (Lipinski definition) is 1. The molecule has 144 valence electrons. The van der Waals surface area contributed by atoms with Crippen LogP contribution in [0.3, 0.4) is 0 Å². The van der Waals surface area contributed by atoms with Crippen molar-refractivity contribution in [3.05, 3.63) is 75.9 Å². The maximum Gasteiger partial charge on any atom is 0.182 e. The Labute approximate surface area is 170 Å². The molecule has 2 aromatic carbocycles. The highest BCUT2D eigenvalue weighted by atomic mass is 16.3. The van der Waals surface area contributed by atoms with Crippen LogP contribution in [0.2, 0.25) is 0 Å². The Kier molecular flexibility index (Phi) is 5.10. The molecular weight excluding hydrogens is 360 g/mol. The summed E-state index contributed by atoms with van der Waals surface area (Å²) in [4.78, 5) is 11.9. The predicted octanol–water partition coefficient (Wildman–Crippen LogP) is 5.92. The summed E-state index contributed by atoms with van der Waals surface area (Å²) >= 11 is 0. The van der Waals surface area contributed by atoms with Crippen LogP contribution in [0.1, 0.15) is 30.9 Å². The number of fused-ring (bicyclic) bond motifs is 2. The Balaban J connectivity index is 1.88. The van der Waals surface area contributed by atoms with Gasteiger partial charge in [-0.1, -0.05) is 18.2 Å². The molecule has 3 heteroatoms. The minimum Gasteiger partial charge on any atom is -0.508 e. The summed E-state index contributed by atoms with van der Waals surface area (Å²) in [7, 11) is 0. The first-order chi connectivity index (χ1) is 14.1. The minimum absolute atomic E-state index is 0.103. The minimum atomic E-state index is -0.103. The van der Waals surface area contributed by atoms with Crippen molar-refractivity contribution in [2.24, 2.45) is 0 Å². The van der Waals surface area contributed by atoms with Crippen LogP contribution in [0.4, 0.5) is 0 Å². The van der Waals surface area contributed by atoms with Crippen molar-refractivity contribution >= 4 is 11.0 Å². The van der Waals surface area contributed by atoms with Gasteiger partial charge in [0.15, 0.2) is 5.43 Å². The van der Waals surface area contributed by atoms with Gasteiger partial charge in [0.05, 0.1) is 0 Å². The highest BCUT2D eigenvalue weighted by Gasteiger charge is 2.19. The second-order valence-corrected chi connectivity index (χ2v) is 7.25. The predicted molar refractivity (Wildman–Crippen MR) is 117 cm³/mol. The molecule has 0 radical (unpaired) electrons. The Hall–Kier alpha value is -3.51. The Morgan fingerprint density at radius 2 is 1.83 bits per heavy atom. The van der Waals surface area contributed by atoms with Crippen molar-refractivity contribution in [1.82, 2.24) is 0 Å². The molecule has 2 aromatic rings. The van der Waals surface area contributed by atoms with Crippen LogP contribution in [0, 0.1) is 18.8 Å². The molecule has 1 aliphatic heterocycles. The molecule has 0 saturated carbocycles. The van der Waals surface area contributed by atoms with E-state index >= 15 is 0 Å². The second-order valence-electron chi connectivity index (χ2n) is 7.25. The SMILES string of the molecule is CC#CCCCc1ccc(-c2c3ccc(=O)cc-3oc3cc(O)ccc23)c(C)c1. The maximum absolute atomic E-state index is 11.9. The molecule has 4 rings (SSSR count). The van der Waals surface area contributed by atoms with Crippen LogP contribution < -0.4 is 5.43 Å². The van der Waals surface area contributed by atoms with Crippen LogP contribution in [-0.4, -0.2) is 5.11 Å². The van der Waals surface area contributed by atoms with Gasteiger partial charge in [-0.3, -0.25) is 4.79 Å². The summed E-state index contributed by atoms with van der Waals surface area (Å²) in [5.74, 6) is 6.70. The summed E-state index contributed by atoms with van der Waals surface area (Å²) in [6, 6.07) is 16.5. The molecular formula is C26H22O3. The van der Waals surface area contributed by atoms with E-state index in [1.165, 1.54) is 11.6 Å². The normalized spacial score (nSPS) is 10.8. The number of aryl methyl sites for hydroxylation is 2. The van der Waals surface area contributed by atoms with Gasteiger partial charge in [0.2, 0.25) is 0 Å². The van der Waals surface area contributed by atoms with Gasteiger partial charge in [-0.2, -0.15) is 0 Å². The van der Waals surface area contributed by atoms with Crippen molar-refractivity contribution in [3.63, 3.8) is 0 Å². The Morgan fingerprint density at radius 1 is 1.00 bits per heavy atom. The zero-order valence-electron chi connectivity index (χ0n) is 16.6. The van der Waals surface area contributed by atoms with Gasteiger partial charge < -0.3 is 9.52 Å². The summed E-state index contributed by atoms with van der Waals surface area (Å²) < 4.78 is 5.94. The summed E-state index contributed by atoms with van der Waals surface area (Å²) in [6.45, 7) is 3.98. The van der Waals surface area contributed by atoms with Gasteiger partial charge in [-0.15, -0.1) is 11.8 Å². The molecule has 1 aliphatic carbocycles. The standard InChI is InChI=1S/C26H22O3/c1-3-4-5-6-7-18-8-11-21(17(2)14-18)26-22-12-9-19(27)15-24(22)29-25-16-20(28)10-13-23(25)26/h8-16,27H,5-7H2,1-2H3. The van der Waals surface area contributed by atoms with Gasteiger partial charge >= 0.3 is 0 Å². The molecule has 0 fully saturated rings. The highest BCUT2D eigenvalue weighted by Crippen LogP contribution is 2.41. The molecule has 0 unspecified atom stereocenters. The van der Waals surface area contributed by atoms with Gasteiger partial charge in [-0.05, 0) is 67.6 Å². The largest absolute Gasteiger partial charge is 0.508 e. The first kappa shape index (κ1) is 18.8. The third-order valence-corrected chi connectivity index (χ3v) is 5.18. The maximum atomic E-state index is 11.9. The lowest BCUT2D eigenvalue weighted by molar-refractivity contribution is 0.474. The highest BCUT2D eigenvalue weighted by molar-refractivity contribution is 6.02. The van der Waals surface area contributed by atoms with E-state index in [4.69, 9.17) is 4.42 Å². The molecule has 1 N–H and O–H groups in total. The van der Waals surface area contributed by atoms with Crippen molar-refractivity contribution in [3.8, 4) is 40.0 Å². The van der Waals surface area contributed by atoms with E-state index in [0.717, 1.165) is 46.9 Å². The lowest BCUT2D eigenvalue weighted by Gasteiger charge is -2.17. The second kappa shape index (κ2) is 7.85. The van der Waals surface area contributed by atoms with Gasteiger partial charge in [0.1, 0.15) is 17.1 Å². The van der Waals surface area contributed by atoms with Crippen LogP contribution in [-0.2, 0) is 6.42 Å². The number of phenolic OH excluding ortho intramolecular Hbond substituents is 1. The zero-order chi connectivity index (χ0) is 20.4. The summed E-state index contributed by atoms with van der Waals surface area (Å²) in [6.07, 6.45) is 2.95. The van der Waals surface area contributed by atoms with Crippen molar-refractivity contribution in [1.29, 1.82) is 0 Å². The molecule has 0 amide bonds. The lowest BCUT2D eigenvalue weighted by atomic mass is 9.90. The molecule has 2 aliphatic rings. The third-order valence-electron chi connectivity index (χ3n) is 5.18. The molecule has 3 nitrogen and oxygen atoms in total. The fourth-order valence-electron chi connectivity index (χ4n) is 3.82. The van der Waals surface area contributed by atoms with Crippen LogP contribution >= 0.6 is 0 Å². The molecule has 29 heavy (non-hydrogen) atoms.